The number of hydrogen-bond acceptors (Lipinski definition) is 3. The van der Waals surface area contributed by atoms with E-state index < -0.39 is 23.2 Å². The predicted molar refractivity (Wildman–Crippen MR) is 117 cm³/mol. The number of allylic oxidation sites excluding steroid dienone is 3. The number of rotatable bonds is 10. The minimum atomic E-state index is -1.24. The monoisotopic (exact) mass is 438 g/mol. The van der Waals surface area contributed by atoms with Gasteiger partial charge in [0.15, 0.2) is 23.1 Å². The lowest BCUT2D eigenvalue weighted by Gasteiger charge is -2.30. The highest BCUT2D eigenvalue weighted by Crippen LogP contribution is 2.37. The predicted octanol–water partition coefficient (Wildman–Crippen LogP) is 7.37. The van der Waals surface area contributed by atoms with Gasteiger partial charge < -0.3 is 14.2 Å². The molecule has 0 bridgehead atoms. The maximum Gasteiger partial charge on any atom is 0.207 e. The molecule has 172 valence electrons. The Morgan fingerprint density at radius 2 is 1.94 bits per heavy atom. The lowest BCUT2D eigenvalue weighted by Crippen LogP contribution is -2.27. The van der Waals surface area contributed by atoms with Gasteiger partial charge in [-0.1, -0.05) is 39.0 Å². The maximum absolute atomic E-state index is 15.0. The smallest absolute Gasteiger partial charge is 0.207 e. The quantitative estimate of drug-likeness (QED) is 0.282. The van der Waals surface area contributed by atoms with Crippen LogP contribution < -0.4 is 9.47 Å². The van der Waals surface area contributed by atoms with Crippen molar-refractivity contribution in [1.82, 2.24) is 0 Å². The van der Waals surface area contributed by atoms with Crippen LogP contribution in [-0.4, -0.2) is 19.3 Å². The molecule has 1 saturated heterocycles. The SMILES string of the molecule is C=C(Oc1c(CC)ccc(OCC)c1F)/C(F)=C(F)\C(=C/C)C1CCC(CCC)OC1. The molecule has 0 aromatic heterocycles. The van der Waals surface area contributed by atoms with Crippen molar-refractivity contribution in [3.8, 4) is 11.5 Å². The van der Waals surface area contributed by atoms with Crippen LogP contribution in [0.15, 0.2) is 47.8 Å². The summed E-state index contributed by atoms with van der Waals surface area (Å²) in [6.07, 6.45) is 5.65. The molecule has 2 rings (SSSR count). The summed E-state index contributed by atoms with van der Waals surface area (Å²) >= 11 is 0. The first-order valence-corrected chi connectivity index (χ1v) is 11.0. The molecule has 0 saturated carbocycles. The summed E-state index contributed by atoms with van der Waals surface area (Å²) in [6.45, 7) is 11.4. The average Bonchev–Trinajstić information content (AvgIpc) is 2.77. The Labute approximate surface area is 183 Å². The Balaban J connectivity index is 2.22. The van der Waals surface area contributed by atoms with E-state index in [1.165, 1.54) is 6.07 Å². The van der Waals surface area contributed by atoms with Crippen molar-refractivity contribution < 1.29 is 27.4 Å². The highest BCUT2D eigenvalue weighted by molar-refractivity contribution is 5.45. The van der Waals surface area contributed by atoms with Crippen molar-refractivity contribution in [2.24, 2.45) is 5.92 Å². The Bertz CT molecular complexity index is 822. The van der Waals surface area contributed by atoms with Crippen molar-refractivity contribution in [2.75, 3.05) is 13.2 Å². The first-order chi connectivity index (χ1) is 14.9. The summed E-state index contributed by atoms with van der Waals surface area (Å²) in [4.78, 5) is 0. The van der Waals surface area contributed by atoms with Crippen LogP contribution in [-0.2, 0) is 11.2 Å². The molecule has 2 atom stereocenters. The molecule has 1 heterocycles. The van der Waals surface area contributed by atoms with E-state index in [2.05, 4.69) is 13.5 Å². The van der Waals surface area contributed by atoms with Gasteiger partial charge in [-0.2, -0.15) is 8.78 Å². The van der Waals surface area contributed by atoms with Gasteiger partial charge in [0.25, 0.3) is 0 Å². The third-order valence-electron chi connectivity index (χ3n) is 5.47. The van der Waals surface area contributed by atoms with Crippen molar-refractivity contribution in [1.29, 1.82) is 0 Å². The fourth-order valence-corrected chi connectivity index (χ4v) is 3.79. The molecule has 1 aliphatic heterocycles. The molecular formula is C25H33F3O3. The molecule has 0 spiro atoms. The van der Waals surface area contributed by atoms with E-state index in [0.717, 1.165) is 19.3 Å². The fraction of sp³-hybridized carbons (Fsp3) is 0.520. The molecular weight excluding hydrogens is 405 g/mol. The Morgan fingerprint density at radius 1 is 1.19 bits per heavy atom. The summed E-state index contributed by atoms with van der Waals surface area (Å²) in [5.41, 5.74) is 0.723. The molecule has 0 N–H and O–H groups in total. The zero-order valence-corrected chi connectivity index (χ0v) is 18.9. The minimum Gasteiger partial charge on any atom is -0.491 e. The second-order valence-corrected chi connectivity index (χ2v) is 7.57. The lowest BCUT2D eigenvalue weighted by atomic mass is 9.89. The molecule has 6 heteroatoms. The number of halogens is 3. The molecule has 0 aliphatic carbocycles. The molecule has 31 heavy (non-hydrogen) atoms. The van der Waals surface area contributed by atoms with Gasteiger partial charge in [-0.25, -0.2) is 4.39 Å². The number of ether oxygens (including phenoxy) is 3. The molecule has 0 amide bonds. The van der Waals surface area contributed by atoms with Gasteiger partial charge in [0.1, 0.15) is 0 Å². The van der Waals surface area contributed by atoms with Crippen molar-refractivity contribution in [3.05, 3.63) is 59.2 Å². The largest absolute Gasteiger partial charge is 0.491 e. The Morgan fingerprint density at radius 3 is 2.48 bits per heavy atom. The van der Waals surface area contributed by atoms with E-state index in [-0.39, 0.29) is 35.7 Å². The van der Waals surface area contributed by atoms with Gasteiger partial charge in [-0.3, -0.25) is 0 Å². The van der Waals surface area contributed by atoms with Gasteiger partial charge in [0.2, 0.25) is 11.6 Å². The lowest BCUT2D eigenvalue weighted by molar-refractivity contribution is -0.0112. The number of hydrogen-bond donors (Lipinski definition) is 0. The third-order valence-corrected chi connectivity index (χ3v) is 5.47. The van der Waals surface area contributed by atoms with E-state index in [1.807, 2.05) is 6.92 Å². The highest BCUT2D eigenvalue weighted by atomic mass is 19.2. The molecule has 2 unspecified atom stereocenters. The van der Waals surface area contributed by atoms with E-state index >= 15 is 4.39 Å². The van der Waals surface area contributed by atoms with E-state index in [1.54, 1.807) is 26.0 Å². The number of aryl methyl sites for hydroxylation is 1. The average molecular weight is 439 g/mol. The summed E-state index contributed by atoms with van der Waals surface area (Å²) < 4.78 is 61.2. The second-order valence-electron chi connectivity index (χ2n) is 7.57. The molecule has 1 fully saturated rings. The molecule has 1 aliphatic rings. The topological polar surface area (TPSA) is 27.7 Å². The van der Waals surface area contributed by atoms with Crippen molar-refractivity contribution >= 4 is 0 Å². The van der Waals surface area contributed by atoms with Gasteiger partial charge >= 0.3 is 0 Å². The zero-order valence-electron chi connectivity index (χ0n) is 18.9. The van der Waals surface area contributed by atoms with Gasteiger partial charge in [0.05, 0.1) is 19.3 Å². The van der Waals surface area contributed by atoms with Crippen LogP contribution in [0.5, 0.6) is 11.5 Å². The van der Waals surface area contributed by atoms with E-state index in [4.69, 9.17) is 14.2 Å². The highest BCUT2D eigenvalue weighted by Gasteiger charge is 2.28. The Hall–Kier alpha value is -2.21. The summed E-state index contributed by atoms with van der Waals surface area (Å²) in [6, 6.07) is 3.13. The summed E-state index contributed by atoms with van der Waals surface area (Å²) in [5.74, 6) is -4.10. The standard InChI is InChI=1S/C25H33F3O3/c1-6-10-19-13-11-18(15-30-19)20(8-3)23(27)22(26)16(5)31-25-17(7-2)12-14-21(24(25)28)29-9-4/h8,12,14,18-19H,5-7,9-11,13,15H2,1-4H3/b20-8-,23-22-. The normalized spacial score (nSPS) is 20.3. The van der Waals surface area contributed by atoms with Crippen LogP contribution in [0.4, 0.5) is 13.2 Å². The fourth-order valence-electron chi connectivity index (χ4n) is 3.79. The first-order valence-electron chi connectivity index (χ1n) is 11.0. The van der Waals surface area contributed by atoms with E-state index in [0.29, 0.717) is 25.0 Å². The van der Waals surface area contributed by atoms with Crippen LogP contribution in [0.3, 0.4) is 0 Å². The van der Waals surface area contributed by atoms with Crippen LogP contribution in [0.2, 0.25) is 0 Å². The van der Waals surface area contributed by atoms with Crippen LogP contribution in [0, 0.1) is 11.7 Å². The zero-order chi connectivity index (χ0) is 23.0. The summed E-state index contributed by atoms with van der Waals surface area (Å²) in [7, 11) is 0. The summed E-state index contributed by atoms with van der Waals surface area (Å²) in [5, 5.41) is 0. The second kappa shape index (κ2) is 12.0. The Kier molecular flexibility index (Phi) is 9.69. The van der Waals surface area contributed by atoms with Crippen LogP contribution >= 0.6 is 0 Å². The maximum atomic E-state index is 15.0. The molecule has 1 aromatic rings. The molecule has 1 aromatic carbocycles. The molecule has 0 radical (unpaired) electrons. The van der Waals surface area contributed by atoms with E-state index in [9.17, 15) is 8.78 Å². The first kappa shape index (κ1) is 25.1. The van der Waals surface area contributed by atoms with Gasteiger partial charge in [0, 0.05) is 5.92 Å². The number of benzene rings is 1. The van der Waals surface area contributed by atoms with Crippen LogP contribution in [0.25, 0.3) is 0 Å². The minimum absolute atomic E-state index is 0.0116. The third kappa shape index (κ3) is 6.16. The van der Waals surface area contributed by atoms with Gasteiger partial charge in [-0.05, 0) is 56.7 Å². The van der Waals surface area contributed by atoms with Crippen molar-refractivity contribution in [3.63, 3.8) is 0 Å². The van der Waals surface area contributed by atoms with Crippen molar-refractivity contribution in [2.45, 2.75) is 65.9 Å². The van der Waals surface area contributed by atoms with Gasteiger partial charge in [-0.15, -0.1) is 0 Å². The molecule has 3 nitrogen and oxygen atoms in total. The van der Waals surface area contributed by atoms with Crippen LogP contribution in [0.1, 0.15) is 58.9 Å².